The highest BCUT2D eigenvalue weighted by atomic mass is 19.4. The molecule has 1 aromatic rings. The highest BCUT2D eigenvalue weighted by Gasteiger charge is 2.40. The van der Waals surface area contributed by atoms with Gasteiger partial charge in [-0.3, -0.25) is 9.59 Å². The van der Waals surface area contributed by atoms with Crippen LogP contribution in [0.4, 0.5) is 18.9 Å². The summed E-state index contributed by atoms with van der Waals surface area (Å²) in [5.74, 6) is -0.637. The summed E-state index contributed by atoms with van der Waals surface area (Å²) in [5.41, 5.74) is -0.504. The molecular weight excluding hydrogens is 325 g/mol. The van der Waals surface area contributed by atoms with Gasteiger partial charge in [-0.15, -0.1) is 0 Å². The summed E-state index contributed by atoms with van der Waals surface area (Å²) >= 11 is 0. The van der Waals surface area contributed by atoms with E-state index >= 15 is 0 Å². The molecule has 1 saturated heterocycles. The Hall–Kier alpha value is -2.09. The van der Waals surface area contributed by atoms with Crippen molar-refractivity contribution in [2.45, 2.75) is 50.4 Å². The highest BCUT2D eigenvalue weighted by Crippen LogP contribution is 2.36. The van der Waals surface area contributed by atoms with Gasteiger partial charge in [-0.25, -0.2) is 0 Å². The molecule has 8 heteroatoms. The maximum Gasteiger partial charge on any atom is 0.418 e. The number of hydrogen-bond donors (Lipinski definition) is 3. The number of halogens is 3. The predicted octanol–water partition coefficient (Wildman–Crippen LogP) is 2.67. The maximum absolute atomic E-state index is 12.7. The van der Waals surface area contributed by atoms with Gasteiger partial charge in [0.25, 0.3) is 0 Å². The number of anilines is 1. The quantitative estimate of drug-likeness (QED) is 0.786. The molecule has 132 valence electrons. The van der Waals surface area contributed by atoms with Crippen LogP contribution in [0.3, 0.4) is 0 Å². The molecule has 2 rings (SSSR count). The molecule has 0 aromatic heterocycles. The number of hydrogen-bond acceptors (Lipinski definition) is 3. The van der Waals surface area contributed by atoms with Gasteiger partial charge in [0, 0.05) is 30.1 Å². The van der Waals surface area contributed by atoms with Gasteiger partial charge in [0.2, 0.25) is 11.8 Å². The van der Waals surface area contributed by atoms with Crippen LogP contribution in [0.15, 0.2) is 24.3 Å². The van der Waals surface area contributed by atoms with Crippen LogP contribution in [0.25, 0.3) is 0 Å². The highest BCUT2D eigenvalue weighted by molar-refractivity contribution is 5.92. The summed E-state index contributed by atoms with van der Waals surface area (Å²) in [6.07, 6.45) is -4.90. The molecule has 0 bridgehead atoms. The summed E-state index contributed by atoms with van der Waals surface area (Å²) in [7, 11) is 0. The van der Waals surface area contributed by atoms with Gasteiger partial charge < -0.3 is 15.7 Å². The number of para-hydroxylation sites is 1. The van der Waals surface area contributed by atoms with Crippen molar-refractivity contribution in [2.24, 2.45) is 0 Å². The van der Waals surface area contributed by atoms with Gasteiger partial charge in [0.15, 0.2) is 6.10 Å². The van der Waals surface area contributed by atoms with Crippen LogP contribution in [-0.4, -0.2) is 29.1 Å². The fourth-order valence-corrected chi connectivity index (χ4v) is 2.65. The minimum atomic E-state index is -4.82. The van der Waals surface area contributed by atoms with Crippen molar-refractivity contribution in [2.75, 3.05) is 5.32 Å². The SMILES string of the molecule is O=C(C[C@@H]1CCCCC(=O)N1)Nc1ccccc1[C@@H](O)C(F)(F)F. The van der Waals surface area contributed by atoms with E-state index in [2.05, 4.69) is 10.6 Å². The van der Waals surface area contributed by atoms with E-state index in [1.165, 1.54) is 18.2 Å². The lowest BCUT2D eigenvalue weighted by Gasteiger charge is -2.20. The van der Waals surface area contributed by atoms with E-state index in [9.17, 15) is 27.9 Å². The molecule has 0 spiro atoms. The van der Waals surface area contributed by atoms with Gasteiger partial charge in [0.1, 0.15) is 0 Å². The van der Waals surface area contributed by atoms with Crippen LogP contribution in [0, 0.1) is 0 Å². The maximum atomic E-state index is 12.7. The number of aliphatic hydroxyl groups is 1. The second-order valence-corrected chi connectivity index (χ2v) is 5.79. The molecule has 2 atom stereocenters. The van der Waals surface area contributed by atoms with Crippen LogP contribution in [0.5, 0.6) is 0 Å². The lowest BCUT2D eigenvalue weighted by molar-refractivity contribution is -0.206. The third-order valence-electron chi connectivity index (χ3n) is 3.84. The molecule has 3 N–H and O–H groups in total. The lowest BCUT2D eigenvalue weighted by Crippen LogP contribution is -2.36. The summed E-state index contributed by atoms with van der Waals surface area (Å²) in [6, 6.07) is 4.90. The molecule has 0 radical (unpaired) electrons. The minimum Gasteiger partial charge on any atom is -0.379 e. The molecule has 1 fully saturated rings. The molecule has 0 unspecified atom stereocenters. The van der Waals surface area contributed by atoms with Gasteiger partial charge in [0.05, 0.1) is 0 Å². The number of carbonyl (C=O) groups excluding carboxylic acids is 2. The molecule has 0 saturated carbocycles. The number of rotatable bonds is 4. The Kier molecular flexibility index (Phi) is 5.82. The Labute approximate surface area is 137 Å². The van der Waals surface area contributed by atoms with E-state index < -0.39 is 23.8 Å². The van der Waals surface area contributed by atoms with Crippen molar-refractivity contribution in [1.82, 2.24) is 5.32 Å². The number of carbonyl (C=O) groups is 2. The molecule has 5 nitrogen and oxygen atoms in total. The molecule has 1 aliphatic heterocycles. The molecule has 2 amide bonds. The second-order valence-electron chi connectivity index (χ2n) is 5.79. The van der Waals surface area contributed by atoms with E-state index in [0.29, 0.717) is 12.8 Å². The van der Waals surface area contributed by atoms with Crippen molar-refractivity contribution in [3.05, 3.63) is 29.8 Å². The van der Waals surface area contributed by atoms with Crippen LogP contribution in [0.1, 0.15) is 43.8 Å². The molecule has 0 aliphatic carbocycles. The molecule has 1 heterocycles. The monoisotopic (exact) mass is 344 g/mol. The van der Waals surface area contributed by atoms with Crippen molar-refractivity contribution < 1.29 is 27.9 Å². The normalized spacial score (nSPS) is 20.0. The molecular formula is C16H19F3N2O3. The number of benzene rings is 1. The summed E-state index contributed by atoms with van der Waals surface area (Å²) in [4.78, 5) is 23.6. The van der Waals surface area contributed by atoms with E-state index in [4.69, 9.17) is 0 Å². The Morgan fingerprint density at radius 2 is 2.04 bits per heavy atom. The molecule has 24 heavy (non-hydrogen) atoms. The fourth-order valence-electron chi connectivity index (χ4n) is 2.65. The number of nitrogens with one attached hydrogen (secondary N) is 2. The largest absolute Gasteiger partial charge is 0.418 e. The third-order valence-corrected chi connectivity index (χ3v) is 3.84. The predicted molar refractivity (Wildman–Crippen MR) is 81.1 cm³/mol. The molecule has 1 aliphatic rings. The summed E-state index contributed by atoms with van der Waals surface area (Å²) in [5, 5.41) is 14.5. The first-order valence-electron chi connectivity index (χ1n) is 7.70. The van der Waals surface area contributed by atoms with Gasteiger partial charge in [-0.2, -0.15) is 13.2 Å². The fraction of sp³-hybridized carbons (Fsp3) is 0.500. The van der Waals surface area contributed by atoms with Crippen molar-refractivity contribution >= 4 is 17.5 Å². The van der Waals surface area contributed by atoms with Crippen LogP contribution >= 0.6 is 0 Å². The van der Waals surface area contributed by atoms with Gasteiger partial charge in [-0.05, 0) is 18.9 Å². The third kappa shape index (κ3) is 4.95. The van der Waals surface area contributed by atoms with E-state index in [0.717, 1.165) is 18.9 Å². The number of amides is 2. The van der Waals surface area contributed by atoms with Crippen molar-refractivity contribution in [1.29, 1.82) is 0 Å². The zero-order valence-corrected chi connectivity index (χ0v) is 12.9. The zero-order valence-electron chi connectivity index (χ0n) is 12.9. The lowest BCUT2D eigenvalue weighted by atomic mass is 10.1. The molecule has 1 aromatic carbocycles. The first kappa shape index (κ1) is 18.3. The van der Waals surface area contributed by atoms with Crippen LogP contribution < -0.4 is 10.6 Å². The zero-order chi connectivity index (χ0) is 17.7. The number of alkyl halides is 3. The van der Waals surface area contributed by atoms with Crippen molar-refractivity contribution in [3.8, 4) is 0 Å². The standard InChI is InChI=1S/C16H19F3N2O3/c17-16(18,19)15(24)11-6-2-3-7-12(11)21-14(23)9-10-5-1-4-8-13(22)20-10/h2-3,6-7,10,15,24H,1,4-5,8-9H2,(H,20,22)(H,21,23)/t10-,15+/m0/s1. The van der Waals surface area contributed by atoms with Crippen LogP contribution in [0.2, 0.25) is 0 Å². The van der Waals surface area contributed by atoms with Crippen LogP contribution in [-0.2, 0) is 9.59 Å². The first-order valence-corrected chi connectivity index (χ1v) is 7.70. The van der Waals surface area contributed by atoms with Gasteiger partial charge >= 0.3 is 6.18 Å². The minimum absolute atomic E-state index is 0.0256. The second kappa shape index (κ2) is 7.65. The summed E-state index contributed by atoms with van der Waals surface area (Å²) in [6.45, 7) is 0. The first-order chi connectivity index (χ1) is 11.3. The Balaban J connectivity index is 2.05. The Bertz CT molecular complexity index is 604. The smallest absolute Gasteiger partial charge is 0.379 e. The summed E-state index contributed by atoms with van der Waals surface area (Å²) < 4.78 is 38.1. The Morgan fingerprint density at radius 3 is 2.75 bits per heavy atom. The van der Waals surface area contributed by atoms with E-state index in [-0.39, 0.29) is 24.1 Å². The van der Waals surface area contributed by atoms with E-state index in [1.807, 2.05) is 0 Å². The van der Waals surface area contributed by atoms with Gasteiger partial charge in [-0.1, -0.05) is 24.6 Å². The number of aliphatic hydroxyl groups excluding tert-OH is 1. The average Bonchev–Trinajstić information content (AvgIpc) is 2.70. The van der Waals surface area contributed by atoms with Crippen molar-refractivity contribution in [3.63, 3.8) is 0 Å². The Morgan fingerprint density at radius 1 is 1.33 bits per heavy atom. The van der Waals surface area contributed by atoms with E-state index in [1.54, 1.807) is 0 Å². The topological polar surface area (TPSA) is 78.4 Å². The average molecular weight is 344 g/mol.